The number of aromatic nitrogens is 1. The van der Waals surface area contributed by atoms with Gasteiger partial charge in [-0.3, -0.25) is 14.4 Å². The Balaban J connectivity index is 1.84. The number of nitrogens with one attached hydrogen (secondary N) is 2. The Morgan fingerprint density at radius 2 is 1.44 bits per heavy atom. The predicted molar refractivity (Wildman–Crippen MR) is 136 cm³/mol. The van der Waals surface area contributed by atoms with Crippen molar-refractivity contribution in [2.75, 3.05) is 40.4 Å². The third-order valence-electron chi connectivity index (χ3n) is 5.14. The summed E-state index contributed by atoms with van der Waals surface area (Å²) in [5.41, 5.74) is 7.66. The van der Waals surface area contributed by atoms with Crippen LogP contribution in [-0.4, -0.2) is 47.1 Å². The number of alkyl halides is 2. The topological polar surface area (TPSA) is 109 Å². The van der Waals surface area contributed by atoms with Crippen LogP contribution in [0.2, 0.25) is 0 Å². The van der Waals surface area contributed by atoms with Crippen molar-refractivity contribution in [2.24, 2.45) is 12.8 Å². The fraction of sp³-hybridized carbons (Fsp3) is 0.208. The zero-order chi connectivity index (χ0) is 24.7. The Kier molecular flexibility index (Phi) is 8.56. The summed E-state index contributed by atoms with van der Waals surface area (Å²) in [5.74, 6) is -0.688. The minimum atomic E-state index is -0.741. The van der Waals surface area contributed by atoms with Crippen LogP contribution in [0.3, 0.4) is 0 Å². The molecule has 3 aromatic rings. The van der Waals surface area contributed by atoms with Gasteiger partial charge in [0.15, 0.2) is 0 Å². The van der Waals surface area contributed by atoms with Crippen LogP contribution in [0.4, 0.5) is 17.1 Å². The summed E-state index contributed by atoms with van der Waals surface area (Å²) in [4.78, 5) is 39.7. The molecule has 178 valence electrons. The van der Waals surface area contributed by atoms with Gasteiger partial charge in [0, 0.05) is 54.9 Å². The second-order valence-electron chi connectivity index (χ2n) is 7.43. The molecule has 4 N–H and O–H groups in total. The van der Waals surface area contributed by atoms with Gasteiger partial charge in [0.2, 0.25) is 0 Å². The van der Waals surface area contributed by atoms with Crippen molar-refractivity contribution in [3.05, 3.63) is 77.6 Å². The van der Waals surface area contributed by atoms with E-state index in [4.69, 9.17) is 28.9 Å². The zero-order valence-electron chi connectivity index (χ0n) is 18.6. The van der Waals surface area contributed by atoms with E-state index in [1.807, 2.05) is 17.0 Å². The average Bonchev–Trinajstić information content (AvgIpc) is 3.13. The van der Waals surface area contributed by atoms with Crippen molar-refractivity contribution in [1.82, 2.24) is 4.57 Å². The van der Waals surface area contributed by atoms with E-state index in [-0.39, 0.29) is 17.1 Å². The van der Waals surface area contributed by atoms with Crippen LogP contribution in [-0.2, 0) is 7.05 Å². The van der Waals surface area contributed by atoms with E-state index in [2.05, 4.69) is 10.6 Å². The summed E-state index contributed by atoms with van der Waals surface area (Å²) in [6.07, 6.45) is 1.52. The third kappa shape index (κ3) is 5.89. The first-order chi connectivity index (χ1) is 16.3. The van der Waals surface area contributed by atoms with Crippen LogP contribution in [0, 0.1) is 0 Å². The van der Waals surface area contributed by atoms with Crippen LogP contribution < -0.4 is 21.3 Å². The number of anilines is 3. The molecule has 0 unspecified atom stereocenters. The number of hydrogen-bond acceptors (Lipinski definition) is 4. The van der Waals surface area contributed by atoms with Gasteiger partial charge in [0.25, 0.3) is 17.7 Å². The molecule has 0 saturated heterocycles. The standard InChI is InChI=1S/C24H25Cl2N5O3/c1-30-15-19(20(21(30)22(27)32)29-24(34)16-5-3-2-4-6-16)28-23(33)17-7-9-18(10-8-17)31(13-11-25)14-12-26/h2-10,15H,11-14H2,1H3,(H2,27,32)(H,28,33)(H,29,34). The highest BCUT2D eigenvalue weighted by molar-refractivity contribution is 6.18. The molecule has 34 heavy (non-hydrogen) atoms. The van der Waals surface area contributed by atoms with Crippen molar-refractivity contribution in [3.63, 3.8) is 0 Å². The van der Waals surface area contributed by atoms with Gasteiger partial charge in [0.1, 0.15) is 5.69 Å². The first kappa shape index (κ1) is 25.1. The highest BCUT2D eigenvalue weighted by atomic mass is 35.5. The lowest BCUT2D eigenvalue weighted by atomic mass is 10.1. The summed E-state index contributed by atoms with van der Waals surface area (Å²) >= 11 is 11.7. The smallest absolute Gasteiger partial charge is 0.267 e. The van der Waals surface area contributed by atoms with Gasteiger partial charge < -0.3 is 25.8 Å². The molecule has 0 saturated carbocycles. The largest absolute Gasteiger partial charge is 0.369 e. The van der Waals surface area contributed by atoms with Gasteiger partial charge in [-0.05, 0) is 36.4 Å². The first-order valence-electron chi connectivity index (χ1n) is 10.5. The summed E-state index contributed by atoms with van der Waals surface area (Å²) in [5, 5.41) is 5.46. The molecule has 1 aromatic heterocycles. The molecular formula is C24H25Cl2N5O3. The Hall–Kier alpha value is -3.49. The highest BCUT2D eigenvalue weighted by Gasteiger charge is 2.22. The molecular weight excluding hydrogens is 477 g/mol. The fourth-order valence-corrected chi connectivity index (χ4v) is 3.92. The van der Waals surface area contributed by atoms with Crippen molar-refractivity contribution in [3.8, 4) is 0 Å². The molecule has 0 radical (unpaired) electrons. The minimum Gasteiger partial charge on any atom is -0.369 e. The van der Waals surface area contributed by atoms with E-state index in [1.54, 1.807) is 49.5 Å². The minimum absolute atomic E-state index is 0.0627. The maximum Gasteiger partial charge on any atom is 0.267 e. The molecule has 3 amide bonds. The fourth-order valence-electron chi connectivity index (χ4n) is 3.51. The van der Waals surface area contributed by atoms with E-state index >= 15 is 0 Å². The molecule has 3 rings (SSSR count). The molecule has 2 aromatic carbocycles. The molecule has 0 aliphatic rings. The molecule has 0 spiro atoms. The normalized spacial score (nSPS) is 10.6. The zero-order valence-corrected chi connectivity index (χ0v) is 20.1. The molecule has 0 atom stereocenters. The number of nitrogens with two attached hydrogens (primary N) is 1. The number of rotatable bonds is 10. The maximum atomic E-state index is 12.9. The number of primary amides is 1. The lowest BCUT2D eigenvalue weighted by Crippen LogP contribution is -2.27. The Labute approximate surface area is 207 Å². The second kappa shape index (κ2) is 11.6. The molecule has 0 aliphatic carbocycles. The molecule has 0 aliphatic heterocycles. The molecule has 10 heteroatoms. The lowest BCUT2D eigenvalue weighted by Gasteiger charge is -2.23. The van der Waals surface area contributed by atoms with Gasteiger partial charge in [-0.15, -0.1) is 23.2 Å². The van der Waals surface area contributed by atoms with Crippen molar-refractivity contribution in [2.45, 2.75) is 0 Å². The molecule has 1 heterocycles. The average molecular weight is 502 g/mol. The van der Waals surface area contributed by atoms with Crippen molar-refractivity contribution >= 4 is 58.0 Å². The van der Waals surface area contributed by atoms with Gasteiger partial charge >= 0.3 is 0 Å². The molecule has 0 bridgehead atoms. The predicted octanol–water partition coefficient (Wildman–Crippen LogP) is 3.91. The molecule has 8 nitrogen and oxygen atoms in total. The van der Waals surface area contributed by atoms with Gasteiger partial charge in [-0.1, -0.05) is 18.2 Å². The van der Waals surface area contributed by atoms with Crippen molar-refractivity contribution in [1.29, 1.82) is 0 Å². The Morgan fingerprint density at radius 1 is 0.882 bits per heavy atom. The number of carbonyl (C=O) groups is 3. The maximum absolute atomic E-state index is 12.9. The van der Waals surface area contributed by atoms with E-state index in [9.17, 15) is 14.4 Å². The summed E-state index contributed by atoms with van der Waals surface area (Å²) in [7, 11) is 1.60. The van der Waals surface area contributed by atoms with Gasteiger partial charge in [-0.25, -0.2) is 0 Å². The van der Waals surface area contributed by atoms with Crippen LogP contribution in [0.15, 0.2) is 60.8 Å². The van der Waals surface area contributed by atoms with E-state index in [1.165, 1.54) is 10.8 Å². The first-order valence-corrected chi connectivity index (χ1v) is 11.6. The number of amides is 3. The SMILES string of the molecule is Cn1cc(NC(=O)c2ccc(N(CCCl)CCCl)cc2)c(NC(=O)c2ccccc2)c1C(N)=O. The van der Waals surface area contributed by atoms with Gasteiger partial charge in [-0.2, -0.15) is 0 Å². The number of hydrogen-bond donors (Lipinski definition) is 3. The third-order valence-corrected chi connectivity index (χ3v) is 5.48. The van der Waals surface area contributed by atoms with E-state index < -0.39 is 17.7 Å². The number of nitrogens with zero attached hydrogens (tertiary/aromatic N) is 2. The lowest BCUT2D eigenvalue weighted by molar-refractivity contribution is 0.0990. The van der Waals surface area contributed by atoms with Crippen LogP contribution in [0.5, 0.6) is 0 Å². The molecule has 0 fully saturated rings. The van der Waals surface area contributed by atoms with E-state index in [0.717, 1.165) is 5.69 Å². The van der Waals surface area contributed by atoms with Crippen LogP contribution >= 0.6 is 23.2 Å². The summed E-state index contributed by atoms with van der Waals surface area (Å²) < 4.78 is 1.46. The Bertz CT molecular complexity index is 1160. The summed E-state index contributed by atoms with van der Waals surface area (Å²) in [6, 6.07) is 15.5. The van der Waals surface area contributed by atoms with Crippen LogP contribution in [0.25, 0.3) is 0 Å². The second-order valence-corrected chi connectivity index (χ2v) is 8.18. The highest BCUT2D eigenvalue weighted by Crippen LogP contribution is 2.29. The monoisotopic (exact) mass is 501 g/mol. The number of aryl methyl sites for hydroxylation is 1. The quantitative estimate of drug-likeness (QED) is 0.365. The number of halogens is 2. The van der Waals surface area contributed by atoms with Gasteiger partial charge in [0.05, 0.1) is 11.4 Å². The summed E-state index contributed by atoms with van der Waals surface area (Å²) in [6.45, 7) is 1.26. The Morgan fingerprint density at radius 3 is 2.00 bits per heavy atom. The van der Waals surface area contributed by atoms with Crippen molar-refractivity contribution < 1.29 is 14.4 Å². The van der Waals surface area contributed by atoms with E-state index in [0.29, 0.717) is 36.0 Å². The number of benzene rings is 2. The number of carbonyl (C=O) groups excluding carboxylic acids is 3. The van der Waals surface area contributed by atoms with Crippen LogP contribution in [0.1, 0.15) is 31.2 Å².